The Kier molecular flexibility index (Phi) is 4.49. The van der Waals surface area contributed by atoms with Crippen LogP contribution in [0.5, 0.6) is 0 Å². The fourth-order valence-electron chi connectivity index (χ4n) is 1.51. The van der Waals surface area contributed by atoms with Gasteiger partial charge in [0.05, 0.1) is 6.26 Å². The lowest BCUT2D eigenvalue weighted by Crippen LogP contribution is -2.24. The van der Waals surface area contributed by atoms with Gasteiger partial charge in [0.1, 0.15) is 5.76 Å². The Morgan fingerprint density at radius 1 is 1.57 bits per heavy atom. The van der Waals surface area contributed by atoms with Crippen LogP contribution in [-0.2, 0) is 6.54 Å². The highest BCUT2D eigenvalue weighted by atomic mass is 35.5. The van der Waals surface area contributed by atoms with Crippen LogP contribution in [0.25, 0.3) is 0 Å². The Balaban J connectivity index is 2.41. The molecule has 0 radical (unpaired) electrons. The molecule has 1 unspecified atom stereocenters. The predicted molar refractivity (Wildman–Crippen MR) is 59.7 cm³/mol. The maximum atomic E-state index is 5.76. The van der Waals surface area contributed by atoms with Crippen molar-refractivity contribution in [2.75, 3.05) is 19.5 Å². The summed E-state index contributed by atoms with van der Waals surface area (Å²) >= 11 is 5.76. The molecule has 1 heterocycles. The molecule has 3 heteroatoms. The standard InChI is InChI=1S/C11H18ClNO/c1-9(6-12)7-13(3)8-11-4-5-14-10(11)2/h4-5,9H,6-8H2,1-3H3. The molecule has 1 atom stereocenters. The summed E-state index contributed by atoms with van der Waals surface area (Å²) in [5.41, 5.74) is 1.26. The second kappa shape index (κ2) is 5.42. The summed E-state index contributed by atoms with van der Waals surface area (Å²) < 4.78 is 5.24. The summed E-state index contributed by atoms with van der Waals surface area (Å²) in [5, 5.41) is 0. The first-order valence-corrected chi connectivity index (χ1v) is 5.44. The summed E-state index contributed by atoms with van der Waals surface area (Å²) in [6.45, 7) is 6.11. The Hall–Kier alpha value is -0.470. The van der Waals surface area contributed by atoms with Gasteiger partial charge in [0, 0.05) is 24.5 Å². The first-order chi connectivity index (χ1) is 6.63. The monoisotopic (exact) mass is 215 g/mol. The average Bonchev–Trinajstić information content (AvgIpc) is 2.51. The van der Waals surface area contributed by atoms with Gasteiger partial charge in [0.15, 0.2) is 0 Å². The third kappa shape index (κ3) is 3.35. The van der Waals surface area contributed by atoms with Crippen LogP contribution in [0.15, 0.2) is 16.7 Å². The molecule has 0 amide bonds. The van der Waals surface area contributed by atoms with Gasteiger partial charge in [0.2, 0.25) is 0 Å². The molecule has 2 nitrogen and oxygen atoms in total. The van der Waals surface area contributed by atoms with Crippen LogP contribution in [0.4, 0.5) is 0 Å². The van der Waals surface area contributed by atoms with Gasteiger partial charge >= 0.3 is 0 Å². The molecule has 0 spiro atoms. The van der Waals surface area contributed by atoms with Crippen molar-refractivity contribution in [2.24, 2.45) is 5.92 Å². The molecule has 1 aromatic rings. The highest BCUT2D eigenvalue weighted by Gasteiger charge is 2.08. The van der Waals surface area contributed by atoms with Crippen LogP contribution in [0.2, 0.25) is 0 Å². The van der Waals surface area contributed by atoms with Gasteiger partial charge in [-0.05, 0) is 26.0 Å². The molecule has 0 saturated heterocycles. The van der Waals surface area contributed by atoms with Gasteiger partial charge in [0.25, 0.3) is 0 Å². The third-order valence-electron chi connectivity index (χ3n) is 2.29. The van der Waals surface area contributed by atoms with Crippen molar-refractivity contribution in [1.82, 2.24) is 4.90 Å². The minimum atomic E-state index is 0.536. The molecule has 0 bridgehead atoms. The maximum Gasteiger partial charge on any atom is 0.105 e. The molecule has 0 N–H and O–H groups in total. The van der Waals surface area contributed by atoms with E-state index in [1.54, 1.807) is 6.26 Å². The van der Waals surface area contributed by atoms with E-state index in [2.05, 4.69) is 18.9 Å². The summed E-state index contributed by atoms with van der Waals surface area (Å²) in [7, 11) is 2.11. The summed E-state index contributed by atoms with van der Waals surface area (Å²) in [4.78, 5) is 2.27. The summed E-state index contributed by atoms with van der Waals surface area (Å²) in [6.07, 6.45) is 1.74. The molecule has 0 aliphatic rings. The minimum Gasteiger partial charge on any atom is -0.469 e. The van der Waals surface area contributed by atoms with Gasteiger partial charge in [-0.1, -0.05) is 6.92 Å². The zero-order chi connectivity index (χ0) is 10.6. The fraction of sp³-hybridized carbons (Fsp3) is 0.636. The first-order valence-electron chi connectivity index (χ1n) is 4.91. The van der Waals surface area contributed by atoms with Crippen LogP contribution in [0.1, 0.15) is 18.2 Å². The van der Waals surface area contributed by atoms with Gasteiger partial charge in [-0.3, -0.25) is 0 Å². The van der Waals surface area contributed by atoms with E-state index in [9.17, 15) is 0 Å². The highest BCUT2D eigenvalue weighted by molar-refractivity contribution is 6.18. The molecule has 0 fully saturated rings. The SMILES string of the molecule is Cc1occc1CN(C)CC(C)CCl. The van der Waals surface area contributed by atoms with Gasteiger partial charge in [-0.2, -0.15) is 0 Å². The largest absolute Gasteiger partial charge is 0.469 e. The quantitative estimate of drug-likeness (QED) is 0.703. The van der Waals surface area contributed by atoms with Gasteiger partial charge < -0.3 is 9.32 Å². The van der Waals surface area contributed by atoms with E-state index in [1.165, 1.54) is 5.56 Å². The van der Waals surface area contributed by atoms with Crippen molar-refractivity contribution in [3.63, 3.8) is 0 Å². The van der Waals surface area contributed by atoms with E-state index < -0.39 is 0 Å². The Bertz CT molecular complexity index is 272. The van der Waals surface area contributed by atoms with E-state index >= 15 is 0 Å². The number of alkyl halides is 1. The fourth-order valence-corrected chi connectivity index (χ4v) is 1.61. The molecule has 0 aliphatic carbocycles. The third-order valence-corrected chi connectivity index (χ3v) is 2.82. The highest BCUT2D eigenvalue weighted by Crippen LogP contribution is 2.12. The molecule has 1 aromatic heterocycles. The van der Waals surface area contributed by atoms with Crippen molar-refractivity contribution < 1.29 is 4.42 Å². The smallest absolute Gasteiger partial charge is 0.105 e. The van der Waals surface area contributed by atoms with E-state index in [4.69, 9.17) is 16.0 Å². The molecular weight excluding hydrogens is 198 g/mol. The minimum absolute atomic E-state index is 0.536. The molecule has 14 heavy (non-hydrogen) atoms. The number of nitrogens with zero attached hydrogens (tertiary/aromatic N) is 1. The summed E-state index contributed by atoms with van der Waals surface area (Å²) in [5.74, 6) is 2.26. The van der Waals surface area contributed by atoms with E-state index in [0.29, 0.717) is 11.8 Å². The van der Waals surface area contributed by atoms with Crippen LogP contribution >= 0.6 is 11.6 Å². The number of halogens is 1. The van der Waals surface area contributed by atoms with E-state index in [-0.39, 0.29) is 0 Å². The molecule has 0 saturated carbocycles. The summed E-state index contributed by atoms with van der Waals surface area (Å²) in [6, 6.07) is 2.02. The van der Waals surface area contributed by atoms with Crippen LogP contribution in [-0.4, -0.2) is 24.4 Å². The van der Waals surface area contributed by atoms with Crippen molar-refractivity contribution in [3.8, 4) is 0 Å². The Morgan fingerprint density at radius 2 is 2.29 bits per heavy atom. The molecule has 0 aromatic carbocycles. The molecule has 0 aliphatic heterocycles. The average molecular weight is 216 g/mol. The van der Waals surface area contributed by atoms with Gasteiger partial charge in [-0.25, -0.2) is 0 Å². The lowest BCUT2D eigenvalue weighted by Gasteiger charge is -2.19. The molecule has 1 rings (SSSR count). The second-order valence-electron chi connectivity index (χ2n) is 3.96. The normalized spacial score (nSPS) is 13.5. The molecule has 80 valence electrons. The van der Waals surface area contributed by atoms with Crippen LogP contribution < -0.4 is 0 Å². The number of aryl methyl sites for hydroxylation is 1. The predicted octanol–water partition coefficient (Wildman–Crippen LogP) is 2.89. The van der Waals surface area contributed by atoms with E-state index in [0.717, 1.165) is 18.8 Å². The van der Waals surface area contributed by atoms with Crippen LogP contribution in [0.3, 0.4) is 0 Å². The van der Waals surface area contributed by atoms with Gasteiger partial charge in [-0.15, -0.1) is 11.6 Å². The first kappa shape index (κ1) is 11.6. The zero-order valence-corrected chi connectivity index (χ0v) is 9.84. The van der Waals surface area contributed by atoms with Crippen molar-refractivity contribution in [2.45, 2.75) is 20.4 Å². The van der Waals surface area contributed by atoms with E-state index in [1.807, 2.05) is 13.0 Å². The van der Waals surface area contributed by atoms with Crippen molar-refractivity contribution >= 4 is 11.6 Å². The Morgan fingerprint density at radius 3 is 2.79 bits per heavy atom. The second-order valence-corrected chi connectivity index (χ2v) is 4.27. The number of rotatable bonds is 5. The maximum absolute atomic E-state index is 5.76. The number of hydrogen-bond donors (Lipinski definition) is 0. The number of hydrogen-bond acceptors (Lipinski definition) is 2. The van der Waals surface area contributed by atoms with Crippen molar-refractivity contribution in [3.05, 3.63) is 23.7 Å². The van der Waals surface area contributed by atoms with Crippen LogP contribution in [0, 0.1) is 12.8 Å². The lowest BCUT2D eigenvalue weighted by molar-refractivity contribution is 0.288. The van der Waals surface area contributed by atoms with Crippen molar-refractivity contribution in [1.29, 1.82) is 0 Å². The number of furan rings is 1. The topological polar surface area (TPSA) is 16.4 Å². The molecular formula is C11H18ClNO. The Labute approximate surface area is 90.8 Å². The zero-order valence-electron chi connectivity index (χ0n) is 9.09. The lowest BCUT2D eigenvalue weighted by atomic mass is 10.2.